The Kier molecular flexibility index (Phi) is 8.60. The summed E-state index contributed by atoms with van der Waals surface area (Å²) < 4.78 is 39.1. The van der Waals surface area contributed by atoms with E-state index in [2.05, 4.69) is 18.0 Å². The highest BCUT2D eigenvalue weighted by Crippen LogP contribution is 2.13. The van der Waals surface area contributed by atoms with Crippen LogP contribution in [0.15, 0.2) is 47.4 Å². The highest BCUT2D eigenvalue weighted by Gasteiger charge is 2.21. The maximum Gasteiger partial charge on any atom is 0.251 e. The summed E-state index contributed by atoms with van der Waals surface area (Å²) >= 11 is 0. The lowest BCUT2D eigenvalue weighted by Crippen LogP contribution is -2.32. The van der Waals surface area contributed by atoms with Gasteiger partial charge < -0.3 is 0 Å². The fraction of sp³-hybridized carbons (Fsp3) is 0.500. The van der Waals surface area contributed by atoms with Gasteiger partial charge >= 0.3 is 0 Å². The predicted octanol–water partition coefficient (Wildman–Crippen LogP) is 3.54. The number of allylic oxidation sites excluding steroid dienone is 1. The van der Waals surface area contributed by atoms with Crippen LogP contribution in [0, 0.1) is 0 Å². The van der Waals surface area contributed by atoms with Crippen molar-refractivity contribution in [1.29, 1.82) is 0 Å². The van der Waals surface area contributed by atoms with E-state index in [-0.39, 0.29) is 10.1 Å². The second-order valence-corrected chi connectivity index (χ2v) is 8.44. The summed E-state index contributed by atoms with van der Waals surface area (Å²) in [5.74, 6) is 0. The molecule has 0 bridgehead atoms. The number of rotatable bonds is 10. The Balaban J connectivity index is 2.81. The predicted molar refractivity (Wildman–Crippen MR) is 92.3 cm³/mol. The maximum absolute atomic E-state index is 12.4. The minimum absolute atomic E-state index is 0.134. The molecule has 0 spiro atoms. The Bertz CT molecular complexity index is 583. The Labute approximate surface area is 136 Å². The molecule has 1 aromatic carbocycles. The maximum atomic E-state index is 12.4. The first-order valence-corrected chi connectivity index (χ1v) is 10.4. The molecule has 1 aromatic rings. The third kappa shape index (κ3) is 6.42. The lowest BCUT2D eigenvalue weighted by atomic mass is 10.2. The van der Waals surface area contributed by atoms with Crippen LogP contribution in [0.25, 0.3) is 0 Å². The van der Waals surface area contributed by atoms with Crippen LogP contribution in [0.1, 0.15) is 46.0 Å². The molecule has 1 N–H and O–H groups in total. The average molecular weight is 344 g/mol. The van der Waals surface area contributed by atoms with Crippen molar-refractivity contribution in [2.45, 2.75) is 56.1 Å². The van der Waals surface area contributed by atoms with E-state index < -0.39 is 21.0 Å². The van der Waals surface area contributed by atoms with Gasteiger partial charge in [-0.3, -0.25) is 0 Å². The van der Waals surface area contributed by atoms with Gasteiger partial charge in [0.05, 0.1) is 10.1 Å². The summed E-state index contributed by atoms with van der Waals surface area (Å²) in [5.41, 5.74) is 0. The van der Waals surface area contributed by atoms with Crippen LogP contribution in [0.4, 0.5) is 0 Å². The largest absolute Gasteiger partial charge is 0.251 e. The molecule has 1 rings (SSSR count). The molecule has 4 nitrogen and oxygen atoms in total. The Hall–Kier alpha value is -0.980. The van der Waals surface area contributed by atoms with Gasteiger partial charge in [-0.15, -0.1) is 4.13 Å². The van der Waals surface area contributed by atoms with Gasteiger partial charge in [-0.1, -0.05) is 63.5 Å². The topological polar surface area (TPSA) is 63.2 Å². The number of unbranched alkanes of at least 4 members (excludes halogenated alkanes) is 2. The van der Waals surface area contributed by atoms with E-state index in [1.807, 2.05) is 12.2 Å². The Morgan fingerprint density at radius 2 is 1.86 bits per heavy atom. The molecule has 6 heteroatoms. The van der Waals surface area contributed by atoms with Gasteiger partial charge in [0.1, 0.15) is 11.0 Å². The second kappa shape index (κ2) is 9.92. The van der Waals surface area contributed by atoms with Crippen LogP contribution < -0.4 is 4.13 Å². The van der Waals surface area contributed by atoms with E-state index in [1.165, 1.54) is 12.1 Å². The molecule has 0 heterocycles. The number of hydrogen-bond donors (Lipinski definition) is 1. The third-order valence-corrected chi connectivity index (χ3v) is 6.54. The van der Waals surface area contributed by atoms with Gasteiger partial charge in [-0.2, -0.15) is 0 Å². The van der Waals surface area contributed by atoms with Crippen molar-refractivity contribution in [1.82, 2.24) is 4.13 Å². The van der Waals surface area contributed by atoms with E-state index in [9.17, 15) is 12.6 Å². The number of sulfonamides is 1. The zero-order valence-electron chi connectivity index (χ0n) is 13.2. The normalized spacial score (nSPS) is 15.0. The highest BCUT2D eigenvalue weighted by molar-refractivity contribution is 8.02. The summed E-state index contributed by atoms with van der Waals surface area (Å²) in [7, 11) is -5.40. The van der Waals surface area contributed by atoms with E-state index in [1.54, 1.807) is 18.2 Å². The lowest BCUT2D eigenvalue weighted by Gasteiger charge is -2.13. The van der Waals surface area contributed by atoms with Crippen LogP contribution in [0.3, 0.4) is 0 Å². The first-order valence-electron chi connectivity index (χ1n) is 7.66. The summed E-state index contributed by atoms with van der Waals surface area (Å²) in [4.78, 5) is 0.134. The molecule has 0 fully saturated rings. The van der Waals surface area contributed by atoms with Gasteiger partial charge in [0.15, 0.2) is 0 Å². The van der Waals surface area contributed by atoms with Crippen molar-refractivity contribution in [3.8, 4) is 0 Å². The summed E-state index contributed by atoms with van der Waals surface area (Å²) in [6, 6.07) is 8.02. The van der Waals surface area contributed by atoms with Gasteiger partial charge in [0.2, 0.25) is 0 Å². The van der Waals surface area contributed by atoms with Crippen molar-refractivity contribution in [2.24, 2.45) is 0 Å². The molecule has 0 aromatic heterocycles. The smallest absolute Gasteiger partial charge is 0.241 e. The van der Waals surface area contributed by atoms with Gasteiger partial charge in [-0.05, 0) is 25.0 Å². The zero-order valence-corrected chi connectivity index (χ0v) is 14.8. The van der Waals surface area contributed by atoms with E-state index in [0.29, 0.717) is 6.42 Å². The van der Waals surface area contributed by atoms with Crippen LogP contribution >= 0.6 is 0 Å². The quantitative estimate of drug-likeness (QED) is 0.661. The fourth-order valence-electron chi connectivity index (χ4n) is 1.91. The van der Waals surface area contributed by atoms with Crippen molar-refractivity contribution in [3.63, 3.8) is 0 Å². The molecule has 0 aliphatic rings. The zero-order chi connectivity index (χ0) is 16.4. The van der Waals surface area contributed by atoms with Gasteiger partial charge in [-0.25, -0.2) is 12.6 Å². The van der Waals surface area contributed by atoms with Crippen LogP contribution in [0.5, 0.6) is 0 Å². The molecule has 0 saturated carbocycles. The van der Waals surface area contributed by atoms with Crippen LogP contribution in [0.2, 0.25) is 0 Å². The summed E-state index contributed by atoms with van der Waals surface area (Å²) in [5, 5.41) is -0.287. The third-order valence-electron chi connectivity index (χ3n) is 3.17. The van der Waals surface area contributed by atoms with Crippen molar-refractivity contribution in [2.75, 3.05) is 0 Å². The molecular formula is C16H25NO3S2. The molecule has 0 amide bonds. The van der Waals surface area contributed by atoms with Gasteiger partial charge in [0.25, 0.3) is 10.0 Å². The molecule has 124 valence electrons. The molecule has 2 atom stereocenters. The number of benzene rings is 1. The van der Waals surface area contributed by atoms with E-state index in [0.717, 1.165) is 25.7 Å². The standard InChI is InChI=1S/C16H25NO3S2/c1-3-5-8-12-15(11-6-4-2)21(18)17-22(19,20)16-13-9-7-10-14-16/h7-10,12-15,17H,3-6,11H2,1-2H3/b12-8+/t15-,21?/m1/s1. The van der Waals surface area contributed by atoms with Gasteiger partial charge in [0, 0.05) is 0 Å². The lowest BCUT2D eigenvalue weighted by molar-refractivity contribution is 0.591. The summed E-state index contributed by atoms with van der Waals surface area (Å²) in [6.45, 7) is 4.13. The molecule has 0 aliphatic heterocycles. The molecule has 1 unspecified atom stereocenters. The molecular weight excluding hydrogens is 318 g/mol. The van der Waals surface area contributed by atoms with E-state index >= 15 is 0 Å². The second-order valence-electron chi connectivity index (χ2n) is 5.09. The van der Waals surface area contributed by atoms with Crippen LogP contribution in [-0.4, -0.2) is 17.9 Å². The average Bonchev–Trinajstić information content (AvgIpc) is 2.51. The number of hydrogen-bond acceptors (Lipinski definition) is 3. The highest BCUT2D eigenvalue weighted by atomic mass is 32.3. The SMILES string of the molecule is CCC/C=C/[C@@H](CCCC)S(=O)NS(=O)(=O)c1ccccc1. The van der Waals surface area contributed by atoms with Crippen molar-refractivity contribution < 1.29 is 12.6 Å². The molecule has 0 aliphatic carbocycles. The first-order chi connectivity index (χ1) is 10.5. The van der Waals surface area contributed by atoms with E-state index in [4.69, 9.17) is 0 Å². The minimum Gasteiger partial charge on any atom is -0.241 e. The van der Waals surface area contributed by atoms with Crippen LogP contribution in [-0.2, 0) is 21.0 Å². The minimum atomic E-state index is -3.74. The van der Waals surface area contributed by atoms with Crippen molar-refractivity contribution in [3.05, 3.63) is 42.5 Å². The monoisotopic (exact) mass is 343 g/mol. The molecule has 0 radical (unpaired) electrons. The molecule has 0 saturated heterocycles. The fourth-order valence-corrected chi connectivity index (χ4v) is 4.81. The Morgan fingerprint density at radius 1 is 1.18 bits per heavy atom. The summed E-state index contributed by atoms with van der Waals surface area (Å²) in [6.07, 6.45) is 8.39. The van der Waals surface area contributed by atoms with Crippen molar-refractivity contribution >= 4 is 21.0 Å². The molecule has 22 heavy (non-hydrogen) atoms. The number of nitrogens with one attached hydrogen (secondary N) is 1. The Morgan fingerprint density at radius 3 is 2.45 bits per heavy atom. The first kappa shape index (κ1) is 19.1.